The summed E-state index contributed by atoms with van der Waals surface area (Å²) in [5, 5.41) is 8.95. The average molecular weight is 261 g/mol. The summed E-state index contributed by atoms with van der Waals surface area (Å²) in [7, 11) is 2.07. The van der Waals surface area contributed by atoms with Crippen LogP contribution in [0.15, 0.2) is 24.5 Å². The van der Waals surface area contributed by atoms with Crippen molar-refractivity contribution in [1.29, 1.82) is 0 Å². The molecule has 2 aromatic rings. The Morgan fingerprint density at radius 2 is 2.21 bits per heavy atom. The van der Waals surface area contributed by atoms with Crippen LogP contribution in [-0.4, -0.2) is 39.0 Å². The van der Waals surface area contributed by atoms with Gasteiger partial charge in [0, 0.05) is 18.9 Å². The minimum absolute atomic E-state index is 0.274. The van der Waals surface area contributed by atoms with Crippen LogP contribution in [0.25, 0.3) is 5.65 Å². The van der Waals surface area contributed by atoms with Crippen molar-refractivity contribution in [3.8, 4) is 0 Å². The molecule has 0 aliphatic carbocycles. The quantitative estimate of drug-likeness (QED) is 0.866. The van der Waals surface area contributed by atoms with Gasteiger partial charge in [-0.05, 0) is 32.1 Å². The van der Waals surface area contributed by atoms with Gasteiger partial charge in [0.1, 0.15) is 5.65 Å². The third-order valence-electron chi connectivity index (χ3n) is 3.07. The van der Waals surface area contributed by atoms with Gasteiger partial charge in [0.2, 0.25) is 0 Å². The molecule has 0 saturated carbocycles. The van der Waals surface area contributed by atoms with Crippen molar-refractivity contribution in [2.75, 3.05) is 13.6 Å². The Labute approximate surface area is 112 Å². The minimum atomic E-state index is -0.919. The molecule has 2 rings (SSSR count). The van der Waals surface area contributed by atoms with Crippen LogP contribution in [0.3, 0.4) is 0 Å². The minimum Gasteiger partial charge on any atom is -0.478 e. The van der Waals surface area contributed by atoms with Crippen LogP contribution < -0.4 is 0 Å². The number of carboxylic acids is 1. The third-order valence-corrected chi connectivity index (χ3v) is 3.07. The van der Waals surface area contributed by atoms with Crippen molar-refractivity contribution in [1.82, 2.24) is 14.3 Å². The molecule has 2 heterocycles. The van der Waals surface area contributed by atoms with E-state index in [-0.39, 0.29) is 5.56 Å². The smallest absolute Gasteiger partial charge is 0.337 e. The van der Waals surface area contributed by atoms with E-state index >= 15 is 0 Å². The second-order valence-electron chi connectivity index (χ2n) is 4.81. The van der Waals surface area contributed by atoms with E-state index in [0.717, 1.165) is 24.4 Å². The van der Waals surface area contributed by atoms with Crippen LogP contribution in [0.1, 0.15) is 35.8 Å². The molecule has 19 heavy (non-hydrogen) atoms. The maximum atomic E-state index is 10.9. The molecular formula is C14H19N3O2. The normalized spacial score (nSPS) is 11.3. The highest BCUT2D eigenvalue weighted by Gasteiger charge is 2.08. The van der Waals surface area contributed by atoms with Crippen molar-refractivity contribution in [2.24, 2.45) is 0 Å². The number of pyridine rings is 1. The summed E-state index contributed by atoms with van der Waals surface area (Å²) in [5.41, 5.74) is 2.01. The van der Waals surface area contributed by atoms with Gasteiger partial charge in [-0.15, -0.1) is 0 Å². The van der Waals surface area contributed by atoms with Gasteiger partial charge in [-0.1, -0.05) is 13.3 Å². The number of hydrogen-bond donors (Lipinski definition) is 1. The van der Waals surface area contributed by atoms with Gasteiger partial charge in [0.25, 0.3) is 0 Å². The molecule has 0 atom stereocenters. The van der Waals surface area contributed by atoms with Crippen molar-refractivity contribution in [3.05, 3.63) is 35.8 Å². The maximum absolute atomic E-state index is 10.9. The van der Waals surface area contributed by atoms with Crippen molar-refractivity contribution < 1.29 is 9.90 Å². The van der Waals surface area contributed by atoms with Crippen LogP contribution in [0.4, 0.5) is 0 Å². The molecule has 0 amide bonds. The van der Waals surface area contributed by atoms with E-state index in [9.17, 15) is 4.79 Å². The predicted molar refractivity (Wildman–Crippen MR) is 73.4 cm³/mol. The average Bonchev–Trinajstić information content (AvgIpc) is 2.77. The first-order valence-electron chi connectivity index (χ1n) is 6.49. The molecule has 0 bridgehead atoms. The summed E-state index contributed by atoms with van der Waals surface area (Å²) in [6, 6.07) is 3.31. The van der Waals surface area contributed by atoms with E-state index in [1.165, 1.54) is 12.8 Å². The van der Waals surface area contributed by atoms with Crippen molar-refractivity contribution in [3.63, 3.8) is 0 Å². The molecule has 0 aliphatic rings. The second kappa shape index (κ2) is 5.84. The first-order valence-corrected chi connectivity index (χ1v) is 6.49. The van der Waals surface area contributed by atoms with Gasteiger partial charge in [-0.2, -0.15) is 0 Å². The fraction of sp³-hybridized carbons (Fsp3) is 0.429. The highest BCUT2D eigenvalue weighted by molar-refractivity contribution is 5.87. The highest BCUT2D eigenvalue weighted by atomic mass is 16.4. The Kier molecular flexibility index (Phi) is 4.16. The summed E-state index contributed by atoms with van der Waals surface area (Å²) >= 11 is 0. The number of carboxylic acid groups (broad SMARTS) is 1. The molecule has 102 valence electrons. The Morgan fingerprint density at radius 3 is 2.89 bits per heavy atom. The van der Waals surface area contributed by atoms with E-state index in [4.69, 9.17) is 5.11 Å². The SMILES string of the molecule is CCCCN(C)Cc1cn2cc(C(=O)O)ccc2n1. The van der Waals surface area contributed by atoms with Gasteiger partial charge in [0.15, 0.2) is 0 Å². The number of fused-ring (bicyclic) bond motifs is 1. The summed E-state index contributed by atoms with van der Waals surface area (Å²) < 4.78 is 1.77. The molecule has 0 aliphatic heterocycles. The first-order chi connectivity index (χ1) is 9.10. The number of imidazole rings is 1. The largest absolute Gasteiger partial charge is 0.478 e. The molecule has 2 aromatic heterocycles. The zero-order valence-corrected chi connectivity index (χ0v) is 11.3. The van der Waals surface area contributed by atoms with Gasteiger partial charge in [-0.3, -0.25) is 0 Å². The second-order valence-corrected chi connectivity index (χ2v) is 4.81. The molecule has 0 unspecified atom stereocenters. The zero-order chi connectivity index (χ0) is 13.8. The molecule has 5 heteroatoms. The van der Waals surface area contributed by atoms with E-state index in [0.29, 0.717) is 0 Å². The van der Waals surface area contributed by atoms with Crippen LogP contribution in [0.5, 0.6) is 0 Å². The van der Waals surface area contributed by atoms with Crippen LogP contribution in [0, 0.1) is 0 Å². The predicted octanol–water partition coefficient (Wildman–Crippen LogP) is 2.26. The van der Waals surface area contributed by atoms with E-state index in [1.54, 1.807) is 22.7 Å². The lowest BCUT2D eigenvalue weighted by Gasteiger charge is -2.13. The lowest BCUT2D eigenvalue weighted by atomic mass is 10.3. The van der Waals surface area contributed by atoms with Gasteiger partial charge >= 0.3 is 5.97 Å². The van der Waals surface area contributed by atoms with Crippen molar-refractivity contribution >= 4 is 11.6 Å². The summed E-state index contributed by atoms with van der Waals surface area (Å²) in [5.74, 6) is -0.919. The number of carbonyl (C=O) groups is 1. The van der Waals surface area contributed by atoms with Crippen LogP contribution in [-0.2, 0) is 6.54 Å². The maximum Gasteiger partial charge on any atom is 0.337 e. The molecule has 0 radical (unpaired) electrons. The number of nitrogens with zero attached hydrogens (tertiary/aromatic N) is 3. The fourth-order valence-electron chi connectivity index (χ4n) is 2.03. The topological polar surface area (TPSA) is 57.8 Å². The molecule has 0 fully saturated rings. The Hall–Kier alpha value is -1.88. The molecule has 1 N–H and O–H groups in total. The molecule has 0 aromatic carbocycles. The van der Waals surface area contributed by atoms with Crippen molar-refractivity contribution in [2.45, 2.75) is 26.3 Å². The molecule has 0 spiro atoms. The van der Waals surface area contributed by atoms with Gasteiger partial charge < -0.3 is 14.4 Å². The fourth-order valence-corrected chi connectivity index (χ4v) is 2.03. The number of unbranched alkanes of at least 4 members (excludes halogenated alkanes) is 1. The van der Waals surface area contributed by atoms with Crippen LogP contribution >= 0.6 is 0 Å². The molecule has 0 saturated heterocycles. The van der Waals surface area contributed by atoms with Crippen LogP contribution in [0.2, 0.25) is 0 Å². The standard InChI is InChI=1S/C14H19N3O2/c1-3-4-7-16(2)9-12-10-17-8-11(14(18)19)5-6-13(17)15-12/h5-6,8,10H,3-4,7,9H2,1-2H3,(H,18,19). The number of aromatic carboxylic acids is 1. The lowest BCUT2D eigenvalue weighted by Crippen LogP contribution is -2.19. The summed E-state index contributed by atoms with van der Waals surface area (Å²) in [4.78, 5) is 17.6. The number of aromatic nitrogens is 2. The monoisotopic (exact) mass is 261 g/mol. The third kappa shape index (κ3) is 3.32. The zero-order valence-electron chi connectivity index (χ0n) is 11.3. The van der Waals surface area contributed by atoms with Gasteiger partial charge in [-0.25, -0.2) is 9.78 Å². The number of rotatable bonds is 6. The van der Waals surface area contributed by atoms with E-state index in [2.05, 4.69) is 23.9 Å². The van der Waals surface area contributed by atoms with Gasteiger partial charge in [0.05, 0.1) is 11.3 Å². The molecular weight excluding hydrogens is 242 g/mol. The Morgan fingerprint density at radius 1 is 1.42 bits per heavy atom. The first kappa shape index (κ1) is 13.5. The highest BCUT2D eigenvalue weighted by Crippen LogP contribution is 2.10. The summed E-state index contributed by atoms with van der Waals surface area (Å²) in [6.45, 7) is 4.00. The Balaban J connectivity index is 2.15. The van der Waals surface area contributed by atoms with E-state index in [1.807, 2.05) is 6.20 Å². The number of hydrogen-bond acceptors (Lipinski definition) is 3. The summed E-state index contributed by atoms with van der Waals surface area (Å²) in [6.07, 6.45) is 5.84. The Bertz CT molecular complexity index is 577. The molecule has 5 nitrogen and oxygen atoms in total. The van der Waals surface area contributed by atoms with E-state index < -0.39 is 5.97 Å². The lowest BCUT2D eigenvalue weighted by molar-refractivity contribution is 0.0696.